The summed E-state index contributed by atoms with van der Waals surface area (Å²) >= 11 is 0. The van der Waals surface area contributed by atoms with Crippen molar-refractivity contribution in [1.82, 2.24) is 4.90 Å². The standard InChI is InChI=1S/C17H14FNO4/c1-22-15-10-11(18)6-7-14(15)23-9-8-19-16(20)12-4-2-3-5-13(12)17(19)21/h2-7,10H,8-9H2,1H3. The van der Waals surface area contributed by atoms with Crippen molar-refractivity contribution in [2.24, 2.45) is 0 Å². The molecule has 3 rings (SSSR count). The van der Waals surface area contributed by atoms with Gasteiger partial charge in [-0.2, -0.15) is 0 Å². The van der Waals surface area contributed by atoms with Crippen molar-refractivity contribution in [2.75, 3.05) is 20.3 Å². The topological polar surface area (TPSA) is 55.8 Å². The summed E-state index contributed by atoms with van der Waals surface area (Å²) in [5.74, 6) is -0.493. The predicted octanol–water partition coefficient (Wildman–Crippen LogP) is 2.51. The van der Waals surface area contributed by atoms with E-state index < -0.39 is 5.82 Å². The summed E-state index contributed by atoms with van der Waals surface area (Å²) in [7, 11) is 1.41. The molecule has 0 radical (unpaired) electrons. The third-order valence-corrected chi connectivity index (χ3v) is 3.58. The first-order valence-electron chi connectivity index (χ1n) is 7.03. The quantitative estimate of drug-likeness (QED) is 0.796. The van der Waals surface area contributed by atoms with Crippen molar-refractivity contribution >= 4 is 11.8 Å². The van der Waals surface area contributed by atoms with Crippen LogP contribution in [0, 0.1) is 5.82 Å². The number of imide groups is 1. The predicted molar refractivity (Wildman–Crippen MR) is 80.3 cm³/mol. The molecule has 0 saturated heterocycles. The maximum atomic E-state index is 13.1. The van der Waals surface area contributed by atoms with Crippen LogP contribution in [0.25, 0.3) is 0 Å². The third-order valence-electron chi connectivity index (χ3n) is 3.58. The zero-order valence-electron chi connectivity index (χ0n) is 12.4. The molecule has 0 spiro atoms. The Labute approximate surface area is 132 Å². The largest absolute Gasteiger partial charge is 0.493 e. The molecule has 2 aromatic carbocycles. The minimum absolute atomic E-state index is 0.0907. The average molecular weight is 315 g/mol. The van der Waals surface area contributed by atoms with Crippen LogP contribution in [0.2, 0.25) is 0 Å². The van der Waals surface area contributed by atoms with Crippen LogP contribution < -0.4 is 9.47 Å². The van der Waals surface area contributed by atoms with E-state index in [1.807, 2.05) is 0 Å². The second-order valence-corrected chi connectivity index (χ2v) is 4.95. The van der Waals surface area contributed by atoms with Crippen molar-refractivity contribution in [1.29, 1.82) is 0 Å². The van der Waals surface area contributed by atoms with Gasteiger partial charge in [-0.15, -0.1) is 0 Å². The number of ether oxygens (including phenoxy) is 2. The molecule has 1 heterocycles. The van der Waals surface area contributed by atoms with Gasteiger partial charge in [0.2, 0.25) is 0 Å². The molecule has 0 atom stereocenters. The SMILES string of the molecule is COc1cc(F)ccc1OCCN1C(=O)c2ccccc2C1=O. The molecule has 2 aromatic rings. The first-order chi connectivity index (χ1) is 11.1. The van der Waals surface area contributed by atoms with Crippen LogP contribution in [0.3, 0.4) is 0 Å². The van der Waals surface area contributed by atoms with E-state index in [0.717, 1.165) is 4.90 Å². The lowest BCUT2D eigenvalue weighted by atomic mass is 10.1. The summed E-state index contributed by atoms with van der Waals surface area (Å²) in [6.07, 6.45) is 0. The monoisotopic (exact) mass is 315 g/mol. The van der Waals surface area contributed by atoms with E-state index in [2.05, 4.69) is 0 Å². The molecule has 5 nitrogen and oxygen atoms in total. The number of methoxy groups -OCH3 is 1. The van der Waals surface area contributed by atoms with Gasteiger partial charge in [-0.1, -0.05) is 12.1 Å². The van der Waals surface area contributed by atoms with Crippen LogP contribution in [-0.4, -0.2) is 37.0 Å². The Morgan fingerprint density at radius 1 is 1.00 bits per heavy atom. The van der Waals surface area contributed by atoms with Gasteiger partial charge in [0.15, 0.2) is 11.5 Å². The summed E-state index contributed by atoms with van der Waals surface area (Å²) in [5, 5.41) is 0. The zero-order chi connectivity index (χ0) is 16.4. The van der Waals surface area contributed by atoms with Crippen molar-refractivity contribution in [3.63, 3.8) is 0 Å². The normalized spacial score (nSPS) is 13.2. The maximum absolute atomic E-state index is 13.1. The van der Waals surface area contributed by atoms with Gasteiger partial charge in [-0.3, -0.25) is 14.5 Å². The first kappa shape index (κ1) is 15.0. The smallest absolute Gasteiger partial charge is 0.261 e. The van der Waals surface area contributed by atoms with Gasteiger partial charge in [0.25, 0.3) is 11.8 Å². The van der Waals surface area contributed by atoms with Crippen LogP contribution >= 0.6 is 0 Å². The summed E-state index contributed by atoms with van der Waals surface area (Å²) in [6.45, 7) is 0.195. The minimum atomic E-state index is -0.436. The van der Waals surface area contributed by atoms with Gasteiger partial charge < -0.3 is 9.47 Å². The Balaban J connectivity index is 1.66. The third kappa shape index (κ3) is 2.75. The Bertz CT molecular complexity index is 740. The maximum Gasteiger partial charge on any atom is 0.261 e. The highest BCUT2D eigenvalue weighted by Gasteiger charge is 2.34. The number of halogens is 1. The average Bonchev–Trinajstić information content (AvgIpc) is 2.81. The summed E-state index contributed by atoms with van der Waals surface area (Å²) < 4.78 is 23.7. The Hall–Kier alpha value is -2.89. The van der Waals surface area contributed by atoms with E-state index in [0.29, 0.717) is 16.9 Å². The first-order valence-corrected chi connectivity index (χ1v) is 7.03. The minimum Gasteiger partial charge on any atom is -0.493 e. The number of fused-ring (bicyclic) bond motifs is 1. The van der Waals surface area contributed by atoms with Crippen LogP contribution in [0.1, 0.15) is 20.7 Å². The number of benzene rings is 2. The van der Waals surface area contributed by atoms with Crippen molar-refractivity contribution < 1.29 is 23.5 Å². The Morgan fingerprint density at radius 2 is 1.65 bits per heavy atom. The van der Waals surface area contributed by atoms with Crippen LogP contribution in [0.4, 0.5) is 4.39 Å². The molecule has 23 heavy (non-hydrogen) atoms. The molecule has 1 aliphatic heterocycles. The fourth-order valence-corrected chi connectivity index (χ4v) is 2.45. The fraction of sp³-hybridized carbons (Fsp3) is 0.176. The highest BCUT2D eigenvalue weighted by Crippen LogP contribution is 2.28. The molecule has 0 bridgehead atoms. The lowest BCUT2D eigenvalue weighted by molar-refractivity contribution is 0.0631. The van der Waals surface area contributed by atoms with Crippen LogP contribution in [-0.2, 0) is 0 Å². The number of carbonyl (C=O) groups excluding carboxylic acids is 2. The van der Waals surface area contributed by atoms with Gasteiger partial charge in [-0.25, -0.2) is 4.39 Å². The van der Waals surface area contributed by atoms with Gasteiger partial charge in [0, 0.05) is 6.07 Å². The van der Waals surface area contributed by atoms with Gasteiger partial charge in [0.05, 0.1) is 24.8 Å². The molecule has 2 amide bonds. The molecule has 0 aliphatic carbocycles. The van der Waals surface area contributed by atoms with Gasteiger partial charge in [-0.05, 0) is 24.3 Å². The summed E-state index contributed by atoms with van der Waals surface area (Å²) in [4.78, 5) is 25.5. The number of hydrogen-bond acceptors (Lipinski definition) is 4. The Kier molecular flexibility index (Phi) is 3.97. The second kappa shape index (κ2) is 6.08. The molecule has 0 saturated carbocycles. The molecule has 0 unspecified atom stereocenters. The fourth-order valence-electron chi connectivity index (χ4n) is 2.45. The lowest BCUT2D eigenvalue weighted by Crippen LogP contribution is -2.33. The number of nitrogens with zero attached hydrogens (tertiary/aromatic N) is 1. The zero-order valence-corrected chi connectivity index (χ0v) is 12.4. The molecule has 0 N–H and O–H groups in total. The van der Waals surface area contributed by atoms with E-state index in [-0.39, 0.29) is 30.7 Å². The highest BCUT2D eigenvalue weighted by molar-refractivity contribution is 6.21. The molecule has 6 heteroatoms. The van der Waals surface area contributed by atoms with Crippen molar-refractivity contribution in [3.05, 3.63) is 59.4 Å². The van der Waals surface area contributed by atoms with E-state index >= 15 is 0 Å². The number of hydrogen-bond donors (Lipinski definition) is 0. The lowest BCUT2D eigenvalue weighted by Gasteiger charge is -2.15. The summed E-state index contributed by atoms with van der Waals surface area (Å²) in [5.41, 5.74) is 0.800. The number of carbonyl (C=O) groups is 2. The van der Waals surface area contributed by atoms with Crippen LogP contribution in [0.15, 0.2) is 42.5 Å². The molecule has 0 aromatic heterocycles. The van der Waals surface area contributed by atoms with Gasteiger partial charge >= 0.3 is 0 Å². The molecular formula is C17H14FNO4. The molecule has 1 aliphatic rings. The van der Waals surface area contributed by atoms with Gasteiger partial charge in [0.1, 0.15) is 12.4 Å². The van der Waals surface area contributed by atoms with E-state index in [1.165, 1.54) is 25.3 Å². The second-order valence-electron chi connectivity index (χ2n) is 4.95. The van der Waals surface area contributed by atoms with E-state index in [1.54, 1.807) is 24.3 Å². The Morgan fingerprint density at radius 3 is 2.26 bits per heavy atom. The number of amides is 2. The molecule has 118 valence electrons. The molecule has 0 fully saturated rings. The van der Waals surface area contributed by atoms with E-state index in [4.69, 9.17) is 9.47 Å². The molecular weight excluding hydrogens is 301 g/mol. The summed E-state index contributed by atoms with van der Waals surface area (Å²) in [6, 6.07) is 10.6. The van der Waals surface area contributed by atoms with Crippen molar-refractivity contribution in [2.45, 2.75) is 0 Å². The van der Waals surface area contributed by atoms with Crippen molar-refractivity contribution in [3.8, 4) is 11.5 Å². The van der Waals surface area contributed by atoms with Crippen LogP contribution in [0.5, 0.6) is 11.5 Å². The highest BCUT2D eigenvalue weighted by atomic mass is 19.1. The van der Waals surface area contributed by atoms with E-state index in [9.17, 15) is 14.0 Å². The number of rotatable bonds is 5.